The summed E-state index contributed by atoms with van der Waals surface area (Å²) in [5, 5.41) is 4.04. The fourth-order valence-electron chi connectivity index (χ4n) is 2.38. The monoisotopic (exact) mass is 510 g/mol. The van der Waals surface area contributed by atoms with E-state index < -0.39 is 0 Å². The first-order valence-electron chi connectivity index (χ1n) is 8.78. The van der Waals surface area contributed by atoms with Crippen LogP contribution in [-0.4, -0.2) is 39.6 Å². The van der Waals surface area contributed by atoms with Gasteiger partial charge in [-0.05, 0) is 59.3 Å². The van der Waals surface area contributed by atoms with Gasteiger partial charge in [0.25, 0.3) is 5.91 Å². The van der Waals surface area contributed by atoms with Crippen molar-refractivity contribution >= 4 is 34.7 Å². The fourth-order valence-corrected chi connectivity index (χ4v) is 3.16. The largest absolute Gasteiger partial charge is 0.497 e. The summed E-state index contributed by atoms with van der Waals surface area (Å²) < 4.78 is 22.6. The van der Waals surface area contributed by atoms with Gasteiger partial charge in [0.05, 0.1) is 30.6 Å². The van der Waals surface area contributed by atoms with Crippen molar-refractivity contribution in [3.63, 3.8) is 0 Å². The Balaban J connectivity index is 2.17. The summed E-state index contributed by atoms with van der Waals surface area (Å²) in [6.45, 7) is 6.43. The number of methoxy groups -OCH3 is 2. The number of ether oxygens (including phenoxy) is 4. The van der Waals surface area contributed by atoms with Gasteiger partial charge in [0.2, 0.25) is 0 Å². The Morgan fingerprint density at radius 2 is 1.83 bits per heavy atom. The van der Waals surface area contributed by atoms with Gasteiger partial charge < -0.3 is 18.9 Å². The van der Waals surface area contributed by atoms with Crippen LogP contribution in [0, 0.1) is 3.57 Å². The lowest BCUT2D eigenvalue weighted by atomic mass is 10.2. The lowest BCUT2D eigenvalue weighted by Gasteiger charge is -2.13. The van der Waals surface area contributed by atoms with Gasteiger partial charge in [0, 0.05) is 11.6 Å². The summed E-state index contributed by atoms with van der Waals surface area (Å²) in [6.07, 6.45) is 3.21. The molecule has 1 N–H and O–H groups in total. The third-order valence-electron chi connectivity index (χ3n) is 3.67. The van der Waals surface area contributed by atoms with Crippen LogP contribution < -0.4 is 24.4 Å². The SMILES string of the molecule is C=CCOc1c(I)cc(/C=N\NC(=O)c2cc(OC)cc(OC)c2)cc1OCC. The lowest BCUT2D eigenvalue weighted by Crippen LogP contribution is -2.17. The van der Waals surface area contributed by atoms with Crippen molar-refractivity contribution in [1.82, 2.24) is 5.43 Å². The van der Waals surface area contributed by atoms with E-state index in [0.717, 1.165) is 9.13 Å². The van der Waals surface area contributed by atoms with Gasteiger partial charge in [-0.1, -0.05) is 12.7 Å². The van der Waals surface area contributed by atoms with E-state index in [2.05, 4.69) is 39.7 Å². The number of carbonyl (C=O) groups excluding carboxylic acids is 1. The van der Waals surface area contributed by atoms with E-state index in [1.54, 1.807) is 30.3 Å². The highest BCUT2D eigenvalue weighted by molar-refractivity contribution is 14.1. The second kappa shape index (κ2) is 11.3. The van der Waals surface area contributed by atoms with Crippen LogP contribution in [0.2, 0.25) is 0 Å². The van der Waals surface area contributed by atoms with Crippen molar-refractivity contribution in [2.75, 3.05) is 27.4 Å². The maximum atomic E-state index is 12.4. The second-order valence-corrected chi connectivity index (χ2v) is 6.83. The van der Waals surface area contributed by atoms with E-state index in [1.807, 2.05) is 13.0 Å². The topological polar surface area (TPSA) is 78.4 Å². The second-order valence-electron chi connectivity index (χ2n) is 5.66. The average molecular weight is 510 g/mol. The van der Waals surface area contributed by atoms with Crippen LogP contribution in [0.5, 0.6) is 23.0 Å². The average Bonchev–Trinajstić information content (AvgIpc) is 2.72. The Morgan fingerprint density at radius 3 is 2.41 bits per heavy atom. The normalized spacial score (nSPS) is 10.5. The molecule has 2 rings (SSSR count). The summed E-state index contributed by atoms with van der Waals surface area (Å²) in [4.78, 5) is 12.4. The van der Waals surface area contributed by atoms with E-state index in [0.29, 0.717) is 41.8 Å². The molecule has 0 saturated carbocycles. The van der Waals surface area contributed by atoms with E-state index in [1.165, 1.54) is 20.4 Å². The Morgan fingerprint density at radius 1 is 1.14 bits per heavy atom. The number of halogens is 1. The minimum Gasteiger partial charge on any atom is -0.497 e. The summed E-state index contributed by atoms with van der Waals surface area (Å²) >= 11 is 2.16. The highest BCUT2D eigenvalue weighted by Gasteiger charge is 2.12. The first-order chi connectivity index (χ1) is 14.0. The molecule has 0 radical (unpaired) electrons. The van der Waals surface area contributed by atoms with Gasteiger partial charge in [-0.2, -0.15) is 5.10 Å². The highest BCUT2D eigenvalue weighted by Crippen LogP contribution is 2.34. The molecule has 8 heteroatoms. The number of hydrogen-bond donors (Lipinski definition) is 1. The molecule has 0 unspecified atom stereocenters. The van der Waals surface area contributed by atoms with Gasteiger partial charge in [0.1, 0.15) is 18.1 Å². The number of hydrazone groups is 1. The standard InChI is InChI=1S/C21H23IN2O5/c1-5-7-29-20-18(22)8-14(9-19(20)28-6-2)13-23-24-21(25)15-10-16(26-3)12-17(11-15)27-4/h5,8-13H,1,6-7H2,2-4H3,(H,24,25)/b23-13-. The van der Waals surface area contributed by atoms with Crippen molar-refractivity contribution < 1.29 is 23.7 Å². The van der Waals surface area contributed by atoms with Crippen LogP contribution in [0.15, 0.2) is 48.1 Å². The molecule has 0 aliphatic carbocycles. The minimum absolute atomic E-state index is 0.371. The molecule has 0 fully saturated rings. The quantitative estimate of drug-likeness (QED) is 0.226. The number of benzene rings is 2. The van der Waals surface area contributed by atoms with E-state index in [-0.39, 0.29) is 5.91 Å². The highest BCUT2D eigenvalue weighted by atomic mass is 127. The van der Waals surface area contributed by atoms with Gasteiger partial charge >= 0.3 is 0 Å². The number of amides is 1. The molecular weight excluding hydrogens is 487 g/mol. The fraction of sp³-hybridized carbons (Fsp3) is 0.238. The molecule has 2 aromatic rings. The Kier molecular flexibility index (Phi) is 8.78. The summed E-state index contributed by atoms with van der Waals surface area (Å²) in [6, 6.07) is 8.58. The van der Waals surface area contributed by atoms with Crippen LogP contribution in [0.1, 0.15) is 22.8 Å². The van der Waals surface area contributed by atoms with Gasteiger partial charge in [0.15, 0.2) is 11.5 Å². The van der Waals surface area contributed by atoms with Crippen molar-refractivity contribution in [3.05, 3.63) is 57.7 Å². The van der Waals surface area contributed by atoms with Crippen molar-refractivity contribution in [1.29, 1.82) is 0 Å². The molecule has 0 saturated heterocycles. The molecular formula is C21H23IN2O5. The molecule has 1 amide bonds. The Labute approximate surface area is 183 Å². The molecule has 0 aliphatic rings. The smallest absolute Gasteiger partial charge is 0.271 e. The zero-order valence-corrected chi connectivity index (χ0v) is 18.7. The molecule has 154 valence electrons. The lowest BCUT2D eigenvalue weighted by molar-refractivity contribution is 0.0954. The molecule has 0 atom stereocenters. The molecule has 2 aromatic carbocycles. The maximum Gasteiger partial charge on any atom is 0.271 e. The first-order valence-corrected chi connectivity index (χ1v) is 9.86. The zero-order chi connectivity index (χ0) is 21.2. The maximum absolute atomic E-state index is 12.4. The Bertz CT molecular complexity index is 877. The third kappa shape index (κ3) is 6.38. The molecule has 29 heavy (non-hydrogen) atoms. The van der Waals surface area contributed by atoms with Gasteiger partial charge in [-0.3, -0.25) is 4.79 Å². The molecule has 7 nitrogen and oxygen atoms in total. The van der Waals surface area contributed by atoms with E-state index in [4.69, 9.17) is 18.9 Å². The molecule has 0 aliphatic heterocycles. The number of hydrogen-bond acceptors (Lipinski definition) is 6. The van der Waals surface area contributed by atoms with Crippen molar-refractivity contribution in [3.8, 4) is 23.0 Å². The molecule has 0 spiro atoms. The summed E-state index contributed by atoms with van der Waals surface area (Å²) in [5.74, 6) is 1.90. The number of nitrogens with zero attached hydrogens (tertiary/aromatic N) is 1. The van der Waals surface area contributed by atoms with Crippen LogP contribution in [0.25, 0.3) is 0 Å². The van der Waals surface area contributed by atoms with Crippen LogP contribution >= 0.6 is 22.6 Å². The van der Waals surface area contributed by atoms with E-state index in [9.17, 15) is 4.79 Å². The van der Waals surface area contributed by atoms with Crippen LogP contribution in [-0.2, 0) is 0 Å². The molecule has 0 heterocycles. The summed E-state index contributed by atoms with van der Waals surface area (Å²) in [7, 11) is 3.04. The number of rotatable bonds is 10. The van der Waals surface area contributed by atoms with Gasteiger partial charge in [-0.25, -0.2) is 5.43 Å². The number of carbonyl (C=O) groups is 1. The van der Waals surface area contributed by atoms with Crippen LogP contribution in [0.3, 0.4) is 0 Å². The zero-order valence-electron chi connectivity index (χ0n) is 16.5. The van der Waals surface area contributed by atoms with E-state index >= 15 is 0 Å². The third-order valence-corrected chi connectivity index (χ3v) is 4.47. The predicted molar refractivity (Wildman–Crippen MR) is 121 cm³/mol. The predicted octanol–water partition coefficient (Wildman–Crippen LogP) is 4.04. The van der Waals surface area contributed by atoms with Crippen LogP contribution in [0.4, 0.5) is 0 Å². The molecule has 0 aromatic heterocycles. The van der Waals surface area contributed by atoms with Gasteiger partial charge in [-0.15, -0.1) is 0 Å². The minimum atomic E-state index is -0.385. The first kappa shape index (κ1) is 22.5. The number of nitrogens with one attached hydrogen (secondary N) is 1. The summed E-state index contributed by atoms with van der Waals surface area (Å²) in [5.41, 5.74) is 3.63. The molecule has 0 bridgehead atoms. The van der Waals surface area contributed by atoms with Crippen molar-refractivity contribution in [2.45, 2.75) is 6.92 Å². The Hall–Kier alpha value is -2.75. The van der Waals surface area contributed by atoms with Crippen molar-refractivity contribution in [2.24, 2.45) is 5.10 Å².